The first-order chi connectivity index (χ1) is 9.16. The fourth-order valence-electron chi connectivity index (χ4n) is 2.44. The summed E-state index contributed by atoms with van der Waals surface area (Å²) >= 11 is 0. The lowest BCUT2D eigenvalue weighted by Gasteiger charge is -2.16. The minimum Gasteiger partial charge on any atom is -0.480 e. The molecule has 2 saturated carbocycles. The van der Waals surface area contributed by atoms with Crippen molar-refractivity contribution < 1.29 is 19.4 Å². The summed E-state index contributed by atoms with van der Waals surface area (Å²) in [6.45, 7) is 0.983. The maximum atomic E-state index is 11.5. The van der Waals surface area contributed by atoms with Gasteiger partial charge < -0.3 is 20.5 Å². The minimum atomic E-state index is -0.999. The average Bonchev–Trinajstić information content (AvgIpc) is 3.22. The van der Waals surface area contributed by atoms with Crippen LogP contribution >= 0.6 is 0 Å². The molecule has 0 atom stereocenters. The first-order valence-electron chi connectivity index (χ1n) is 6.98. The second-order valence-corrected chi connectivity index (χ2v) is 5.42. The summed E-state index contributed by atoms with van der Waals surface area (Å²) in [6.07, 6.45) is 5.25. The standard InChI is InChI=1S/C13H22N2O4/c16-12(17)8-19-6-5-14-13(18)15-7-11(9-1-2-9)10-3-4-10/h9-11H,1-8H2,(H,16,17)(H2,14,15,18). The average molecular weight is 270 g/mol. The monoisotopic (exact) mass is 270 g/mol. The van der Waals surface area contributed by atoms with Gasteiger partial charge in [-0.1, -0.05) is 0 Å². The van der Waals surface area contributed by atoms with Crippen molar-refractivity contribution in [2.75, 3.05) is 26.3 Å². The van der Waals surface area contributed by atoms with Crippen molar-refractivity contribution in [1.29, 1.82) is 0 Å². The Morgan fingerprint density at radius 1 is 1.16 bits per heavy atom. The van der Waals surface area contributed by atoms with Crippen LogP contribution in [-0.4, -0.2) is 43.4 Å². The van der Waals surface area contributed by atoms with Gasteiger partial charge in [-0.15, -0.1) is 0 Å². The highest BCUT2D eigenvalue weighted by atomic mass is 16.5. The van der Waals surface area contributed by atoms with E-state index in [1.54, 1.807) is 0 Å². The lowest BCUT2D eigenvalue weighted by atomic mass is 9.98. The number of hydrogen-bond acceptors (Lipinski definition) is 3. The Kier molecular flexibility index (Phi) is 5.01. The van der Waals surface area contributed by atoms with Crippen molar-refractivity contribution in [1.82, 2.24) is 10.6 Å². The maximum absolute atomic E-state index is 11.5. The Morgan fingerprint density at radius 3 is 2.32 bits per heavy atom. The molecule has 2 aliphatic carbocycles. The van der Waals surface area contributed by atoms with Gasteiger partial charge in [-0.05, 0) is 43.4 Å². The minimum absolute atomic E-state index is 0.190. The molecular weight excluding hydrogens is 248 g/mol. The van der Waals surface area contributed by atoms with Crippen molar-refractivity contribution in [3.8, 4) is 0 Å². The number of ether oxygens (including phenoxy) is 1. The molecule has 0 aromatic rings. The van der Waals surface area contributed by atoms with Gasteiger partial charge in [0, 0.05) is 13.1 Å². The molecule has 2 amide bonds. The van der Waals surface area contributed by atoms with Crippen molar-refractivity contribution in [2.45, 2.75) is 25.7 Å². The summed E-state index contributed by atoms with van der Waals surface area (Å²) in [5.74, 6) is 1.31. The first kappa shape index (κ1) is 14.1. The molecule has 108 valence electrons. The van der Waals surface area contributed by atoms with Crippen LogP contribution in [0.4, 0.5) is 4.79 Å². The van der Waals surface area contributed by atoms with E-state index in [-0.39, 0.29) is 19.2 Å². The van der Waals surface area contributed by atoms with E-state index in [4.69, 9.17) is 9.84 Å². The van der Waals surface area contributed by atoms with Crippen LogP contribution in [0, 0.1) is 17.8 Å². The fraction of sp³-hybridized carbons (Fsp3) is 0.846. The van der Waals surface area contributed by atoms with Crippen molar-refractivity contribution in [3.05, 3.63) is 0 Å². The third kappa shape index (κ3) is 5.46. The number of amides is 2. The normalized spacial score (nSPS) is 18.4. The van der Waals surface area contributed by atoms with Gasteiger partial charge in [0.25, 0.3) is 0 Å². The van der Waals surface area contributed by atoms with Crippen molar-refractivity contribution in [3.63, 3.8) is 0 Å². The Hall–Kier alpha value is -1.30. The van der Waals surface area contributed by atoms with Gasteiger partial charge in [-0.25, -0.2) is 9.59 Å². The molecular formula is C13H22N2O4. The second-order valence-electron chi connectivity index (χ2n) is 5.42. The molecule has 2 aliphatic rings. The summed E-state index contributed by atoms with van der Waals surface area (Å²) in [7, 11) is 0. The zero-order valence-corrected chi connectivity index (χ0v) is 11.1. The number of aliphatic carboxylic acids is 1. The Morgan fingerprint density at radius 2 is 1.79 bits per heavy atom. The predicted octanol–water partition coefficient (Wildman–Crippen LogP) is 0.823. The number of carboxylic acids is 1. The third-order valence-corrected chi connectivity index (χ3v) is 3.71. The largest absolute Gasteiger partial charge is 0.480 e. The lowest BCUT2D eigenvalue weighted by molar-refractivity contribution is -0.142. The van der Waals surface area contributed by atoms with Gasteiger partial charge in [0.05, 0.1) is 6.61 Å². The topological polar surface area (TPSA) is 87.7 Å². The van der Waals surface area contributed by atoms with Crippen LogP contribution in [0.15, 0.2) is 0 Å². The highest BCUT2D eigenvalue weighted by molar-refractivity contribution is 5.73. The molecule has 3 N–H and O–H groups in total. The van der Waals surface area contributed by atoms with Crippen LogP contribution in [0.5, 0.6) is 0 Å². The molecule has 0 aromatic carbocycles. The van der Waals surface area contributed by atoms with Crippen LogP contribution in [0.1, 0.15) is 25.7 Å². The Labute approximate surface area is 112 Å². The number of carbonyl (C=O) groups excluding carboxylic acids is 1. The molecule has 0 unspecified atom stereocenters. The SMILES string of the molecule is O=C(O)COCCNC(=O)NCC(C1CC1)C1CC1. The highest BCUT2D eigenvalue weighted by Gasteiger charge is 2.41. The van der Waals surface area contributed by atoms with Gasteiger partial charge in [0.15, 0.2) is 0 Å². The summed E-state index contributed by atoms with van der Waals surface area (Å²) in [6, 6.07) is -0.190. The van der Waals surface area contributed by atoms with Crippen molar-refractivity contribution >= 4 is 12.0 Å². The van der Waals surface area contributed by atoms with Gasteiger partial charge in [0.1, 0.15) is 6.61 Å². The molecule has 6 nitrogen and oxygen atoms in total. The van der Waals surface area contributed by atoms with E-state index in [1.807, 2.05) is 0 Å². The second kappa shape index (κ2) is 6.75. The number of nitrogens with one attached hydrogen (secondary N) is 2. The molecule has 0 bridgehead atoms. The third-order valence-electron chi connectivity index (χ3n) is 3.71. The van der Waals surface area contributed by atoms with Crippen LogP contribution in [-0.2, 0) is 9.53 Å². The molecule has 0 heterocycles. The van der Waals surface area contributed by atoms with Gasteiger partial charge in [-0.3, -0.25) is 0 Å². The number of rotatable bonds is 9. The zero-order chi connectivity index (χ0) is 13.7. The summed E-state index contributed by atoms with van der Waals surface area (Å²) < 4.78 is 4.83. The number of urea groups is 1. The first-order valence-corrected chi connectivity index (χ1v) is 6.98. The van der Waals surface area contributed by atoms with E-state index in [9.17, 15) is 9.59 Å². The number of carboxylic acid groups (broad SMARTS) is 1. The fourth-order valence-corrected chi connectivity index (χ4v) is 2.44. The molecule has 0 radical (unpaired) electrons. The molecule has 0 aliphatic heterocycles. The van der Waals surface area contributed by atoms with Gasteiger partial charge in [0.2, 0.25) is 0 Å². The highest BCUT2D eigenvalue weighted by Crippen LogP contribution is 2.48. The predicted molar refractivity (Wildman–Crippen MR) is 68.8 cm³/mol. The van der Waals surface area contributed by atoms with Gasteiger partial charge in [-0.2, -0.15) is 0 Å². The number of carbonyl (C=O) groups is 2. The molecule has 6 heteroatoms. The van der Waals surface area contributed by atoms with Crippen LogP contribution in [0.3, 0.4) is 0 Å². The lowest BCUT2D eigenvalue weighted by Crippen LogP contribution is -2.40. The molecule has 0 aromatic heterocycles. The van der Waals surface area contributed by atoms with E-state index in [1.165, 1.54) is 25.7 Å². The maximum Gasteiger partial charge on any atom is 0.329 e. The van der Waals surface area contributed by atoms with Crippen LogP contribution in [0.25, 0.3) is 0 Å². The molecule has 19 heavy (non-hydrogen) atoms. The Bertz CT molecular complexity index is 315. The molecule has 0 spiro atoms. The van der Waals surface area contributed by atoms with Gasteiger partial charge >= 0.3 is 12.0 Å². The quantitative estimate of drug-likeness (QED) is 0.541. The smallest absolute Gasteiger partial charge is 0.329 e. The summed E-state index contributed by atoms with van der Waals surface area (Å²) in [4.78, 5) is 21.7. The summed E-state index contributed by atoms with van der Waals surface area (Å²) in [5.41, 5.74) is 0. The van der Waals surface area contributed by atoms with Crippen LogP contribution in [0.2, 0.25) is 0 Å². The van der Waals surface area contributed by atoms with Crippen LogP contribution < -0.4 is 10.6 Å². The number of hydrogen-bond donors (Lipinski definition) is 3. The molecule has 0 saturated heterocycles. The van der Waals surface area contributed by atoms with E-state index in [2.05, 4.69) is 10.6 Å². The van der Waals surface area contributed by atoms with E-state index < -0.39 is 5.97 Å². The van der Waals surface area contributed by atoms with Crippen molar-refractivity contribution in [2.24, 2.45) is 17.8 Å². The summed E-state index contributed by atoms with van der Waals surface area (Å²) in [5, 5.41) is 13.9. The Balaban J connectivity index is 1.50. The van der Waals surface area contributed by atoms with E-state index >= 15 is 0 Å². The van der Waals surface area contributed by atoms with E-state index in [0.717, 1.165) is 18.4 Å². The zero-order valence-electron chi connectivity index (χ0n) is 11.1. The molecule has 2 fully saturated rings. The molecule has 2 rings (SSSR count). The van der Waals surface area contributed by atoms with E-state index in [0.29, 0.717) is 12.5 Å².